The van der Waals surface area contributed by atoms with E-state index in [9.17, 15) is 4.79 Å². The maximum Gasteiger partial charge on any atom is 0.171 e. The topological polar surface area (TPSA) is 56.6 Å². The first-order chi connectivity index (χ1) is 9.72. The maximum absolute atomic E-state index is 13.0. The second kappa shape index (κ2) is 4.79. The number of aromatic nitrogens is 1. The fraction of sp³-hybridized carbons (Fsp3) is 0.412. The predicted molar refractivity (Wildman–Crippen MR) is 78.5 cm³/mol. The van der Waals surface area contributed by atoms with Crippen molar-refractivity contribution >= 4 is 16.7 Å². The summed E-state index contributed by atoms with van der Waals surface area (Å²) in [6, 6.07) is 10.2. The molecule has 2 aromatic rings. The summed E-state index contributed by atoms with van der Waals surface area (Å²) in [7, 11) is 0. The average Bonchev–Trinajstić information content (AvgIpc) is 2.86. The number of aromatic amines is 1. The molecule has 0 radical (unpaired) electrons. The van der Waals surface area contributed by atoms with Crippen LogP contribution in [0.4, 0.5) is 0 Å². The summed E-state index contributed by atoms with van der Waals surface area (Å²) in [6.45, 7) is 2.06. The molecule has 0 bridgehead atoms. The van der Waals surface area contributed by atoms with Crippen LogP contribution in [0.15, 0.2) is 24.3 Å². The zero-order valence-electron chi connectivity index (χ0n) is 11.7. The summed E-state index contributed by atoms with van der Waals surface area (Å²) in [6.07, 6.45) is 3.69. The van der Waals surface area contributed by atoms with Gasteiger partial charge in [0.25, 0.3) is 0 Å². The van der Waals surface area contributed by atoms with Gasteiger partial charge >= 0.3 is 0 Å². The van der Waals surface area contributed by atoms with E-state index >= 15 is 0 Å². The molecule has 3 heteroatoms. The Morgan fingerprint density at radius 1 is 1.40 bits per heavy atom. The van der Waals surface area contributed by atoms with Crippen molar-refractivity contribution < 1.29 is 4.79 Å². The number of carbonyl (C=O) groups is 1. The van der Waals surface area contributed by atoms with Gasteiger partial charge in [-0.3, -0.25) is 4.79 Å². The van der Waals surface area contributed by atoms with E-state index in [1.807, 2.05) is 24.3 Å². The molecule has 0 amide bonds. The molecule has 3 rings (SSSR count). The molecule has 102 valence electrons. The minimum absolute atomic E-state index is 0.231. The Balaban J connectivity index is 2.11. The normalized spacial score (nSPS) is 21.7. The first-order valence-corrected chi connectivity index (χ1v) is 7.23. The third kappa shape index (κ3) is 1.76. The van der Waals surface area contributed by atoms with Crippen LogP contribution in [0, 0.1) is 16.7 Å². The van der Waals surface area contributed by atoms with Gasteiger partial charge in [-0.1, -0.05) is 25.1 Å². The molecule has 3 nitrogen and oxygen atoms in total. The van der Waals surface area contributed by atoms with E-state index < -0.39 is 0 Å². The van der Waals surface area contributed by atoms with Crippen molar-refractivity contribution in [2.45, 2.75) is 39.0 Å². The Hall–Kier alpha value is -2.08. The van der Waals surface area contributed by atoms with Crippen LogP contribution in [0.2, 0.25) is 0 Å². The van der Waals surface area contributed by atoms with Crippen molar-refractivity contribution in [1.29, 1.82) is 5.26 Å². The molecule has 1 aliphatic rings. The van der Waals surface area contributed by atoms with Gasteiger partial charge in [0.15, 0.2) is 5.78 Å². The second-order valence-corrected chi connectivity index (χ2v) is 5.65. The smallest absolute Gasteiger partial charge is 0.171 e. The van der Waals surface area contributed by atoms with Gasteiger partial charge in [0.05, 0.1) is 6.07 Å². The summed E-state index contributed by atoms with van der Waals surface area (Å²) >= 11 is 0. The number of Topliss-reactive ketones (excluding diaryl/α,β-unsaturated/α-hetero) is 1. The van der Waals surface area contributed by atoms with Crippen LogP contribution in [-0.4, -0.2) is 10.8 Å². The van der Waals surface area contributed by atoms with Crippen LogP contribution >= 0.6 is 0 Å². The van der Waals surface area contributed by atoms with Crippen LogP contribution < -0.4 is 0 Å². The standard InChI is InChI=1S/C17H18N2O/c1-2-17(9-5-11-18)10-8-14-15(16(17)20)12-6-3-4-7-13(12)19-14/h3-4,6-7,19H,2,5,8-10H2,1H3. The number of nitrogens with one attached hydrogen (secondary N) is 1. The molecule has 20 heavy (non-hydrogen) atoms. The molecule has 1 aliphatic carbocycles. The predicted octanol–water partition coefficient (Wildman–Crippen LogP) is 4.00. The van der Waals surface area contributed by atoms with Crippen LogP contribution in [0.25, 0.3) is 10.9 Å². The molecular weight excluding hydrogens is 248 g/mol. The molecular formula is C17H18N2O. The van der Waals surface area contributed by atoms with Gasteiger partial charge in [-0.2, -0.15) is 5.26 Å². The monoisotopic (exact) mass is 266 g/mol. The number of carbonyl (C=O) groups excluding carboxylic acids is 1. The molecule has 0 spiro atoms. The lowest BCUT2D eigenvalue weighted by molar-refractivity contribution is 0.0732. The zero-order valence-corrected chi connectivity index (χ0v) is 11.7. The number of benzene rings is 1. The van der Waals surface area contributed by atoms with Crippen LogP contribution in [0.1, 0.15) is 48.7 Å². The molecule has 1 atom stereocenters. The Bertz CT molecular complexity index is 707. The van der Waals surface area contributed by atoms with Crippen molar-refractivity contribution in [2.24, 2.45) is 5.41 Å². The number of hydrogen-bond donors (Lipinski definition) is 1. The third-order valence-corrected chi connectivity index (χ3v) is 4.74. The highest BCUT2D eigenvalue weighted by Crippen LogP contribution is 2.43. The Kier molecular flexibility index (Phi) is 3.10. The summed E-state index contributed by atoms with van der Waals surface area (Å²) in [5, 5.41) is 9.88. The lowest BCUT2D eigenvalue weighted by atomic mass is 9.67. The molecule has 0 saturated carbocycles. The highest BCUT2D eigenvalue weighted by molar-refractivity contribution is 6.12. The summed E-state index contributed by atoms with van der Waals surface area (Å²) in [4.78, 5) is 16.4. The van der Waals surface area contributed by atoms with E-state index in [1.54, 1.807) is 0 Å². The fourth-order valence-electron chi connectivity index (χ4n) is 3.44. The van der Waals surface area contributed by atoms with Gasteiger partial charge in [-0.15, -0.1) is 0 Å². The molecule has 1 aromatic carbocycles. The van der Waals surface area contributed by atoms with Crippen molar-refractivity contribution in [1.82, 2.24) is 4.98 Å². The number of nitriles is 1. The van der Waals surface area contributed by atoms with Crippen LogP contribution in [0.3, 0.4) is 0 Å². The number of fused-ring (bicyclic) bond motifs is 3. The Morgan fingerprint density at radius 3 is 2.95 bits per heavy atom. The van der Waals surface area contributed by atoms with Gasteiger partial charge in [0, 0.05) is 34.0 Å². The Labute approximate surface area is 118 Å². The van der Waals surface area contributed by atoms with E-state index in [1.165, 1.54) is 0 Å². The SMILES string of the molecule is CCC1(CCC#N)CCc2[nH]c3ccccc3c2C1=O. The number of aryl methyl sites for hydroxylation is 1. The van der Waals surface area contributed by atoms with Crippen LogP contribution in [0.5, 0.6) is 0 Å². The lowest BCUT2D eigenvalue weighted by Crippen LogP contribution is -2.35. The zero-order chi connectivity index (χ0) is 14.2. The summed E-state index contributed by atoms with van der Waals surface area (Å²) in [5.41, 5.74) is 2.63. The Morgan fingerprint density at radius 2 is 2.20 bits per heavy atom. The highest BCUT2D eigenvalue weighted by atomic mass is 16.1. The van der Waals surface area contributed by atoms with Crippen molar-refractivity contribution in [3.8, 4) is 6.07 Å². The second-order valence-electron chi connectivity index (χ2n) is 5.65. The molecule has 1 N–H and O–H groups in total. The number of para-hydroxylation sites is 1. The molecule has 0 fully saturated rings. The van der Waals surface area contributed by atoms with Crippen molar-refractivity contribution in [3.63, 3.8) is 0 Å². The molecule has 0 saturated heterocycles. The van der Waals surface area contributed by atoms with Gasteiger partial charge in [0.1, 0.15) is 0 Å². The van der Waals surface area contributed by atoms with E-state index in [0.717, 1.165) is 41.4 Å². The minimum Gasteiger partial charge on any atom is -0.358 e. The number of hydrogen-bond acceptors (Lipinski definition) is 2. The van der Waals surface area contributed by atoms with E-state index in [4.69, 9.17) is 5.26 Å². The highest BCUT2D eigenvalue weighted by Gasteiger charge is 2.42. The van der Waals surface area contributed by atoms with E-state index in [-0.39, 0.29) is 11.2 Å². The molecule has 1 aromatic heterocycles. The molecule has 1 heterocycles. The van der Waals surface area contributed by atoms with E-state index in [0.29, 0.717) is 12.8 Å². The largest absolute Gasteiger partial charge is 0.358 e. The maximum atomic E-state index is 13.0. The average molecular weight is 266 g/mol. The van der Waals surface area contributed by atoms with Crippen molar-refractivity contribution in [3.05, 3.63) is 35.5 Å². The number of nitrogens with zero attached hydrogens (tertiary/aromatic N) is 1. The summed E-state index contributed by atoms with van der Waals surface area (Å²) < 4.78 is 0. The van der Waals surface area contributed by atoms with Crippen LogP contribution in [-0.2, 0) is 6.42 Å². The first-order valence-electron chi connectivity index (χ1n) is 7.23. The lowest BCUT2D eigenvalue weighted by Gasteiger charge is -2.34. The van der Waals surface area contributed by atoms with Gasteiger partial charge < -0.3 is 4.98 Å². The fourth-order valence-corrected chi connectivity index (χ4v) is 3.44. The molecule has 0 aliphatic heterocycles. The van der Waals surface area contributed by atoms with Gasteiger partial charge in [0.2, 0.25) is 0 Å². The van der Waals surface area contributed by atoms with Gasteiger partial charge in [-0.05, 0) is 31.7 Å². The number of rotatable bonds is 3. The third-order valence-electron chi connectivity index (χ3n) is 4.74. The quantitative estimate of drug-likeness (QED) is 0.913. The molecule has 1 unspecified atom stereocenters. The van der Waals surface area contributed by atoms with E-state index in [2.05, 4.69) is 18.0 Å². The van der Waals surface area contributed by atoms with Crippen molar-refractivity contribution in [2.75, 3.05) is 0 Å². The van der Waals surface area contributed by atoms with Gasteiger partial charge in [-0.25, -0.2) is 0 Å². The number of H-pyrrole nitrogens is 1. The minimum atomic E-state index is -0.340. The first kappa shape index (κ1) is 12.9. The summed E-state index contributed by atoms with van der Waals surface area (Å²) in [5.74, 6) is 0.231. The number of ketones is 1.